The van der Waals surface area contributed by atoms with E-state index in [1.165, 1.54) is 46.2 Å². The van der Waals surface area contributed by atoms with Gasteiger partial charge in [0.2, 0.25) is 5.91 Å². The molecule has 0 bridgehead atoms. The third-order valence-corrected chi connectivity index (χ3v) is 7.90. The second-order valence-corrected chi connectivity index (χ2v) is 9.81. The van der Waals surface area contributed by atoms with Gasteiger partial charge in [-0.15, -0.1) is 23.1 Å². The minimum atomic E-state index is -0.0367. The average molecular weight is 426 g/mol. The van der Waals surface area contributed by atoms with E-state index in [9.17, 15) is 9.59 Å². The lowest BCUT2D eigenvalue weighted by molar-refractivity contribution is -0.113. The van der Waals surface area contributed by atoms with E-state index in [0.717, 1.165) is 48.0 Å². The predicted molar refractivity (Wildman–Crippen MR) is 120 cm³/mol. The molecule has 2 aromatic heterocycles. The molecular formula is C22H23N3O2S2. The zero-order chi connectivity index (χ0) is 19.8. The number of anilines is 1. The minimum absolute atomic E-state index is 0.00695. The van der Waals surface area contributed by atoms with E-state index in [-0.39, 0.29) is 11.5 Å². The molecule has 29 heavy (non-hydrogen) atoms. The fourth-order valence-electron chi connectivity index (χ4n) is 4.44. The lowest BCUT2D eigenvalue weighted by atomic mass is 9.90. The summed E-state index contributed by atoms with van der Waals surface area (Å²) in [5.74, 6) is 1.50. The molecule has 2 aliphatic rings. The summed E-state index contributed by atoms with van der Waals surface area (Å²) in [6, 6.07) is 6.18. The van der Waals surface area contributed by atoms with Gasteiger partial charge in [0.25, 0.3) is 5.56 Å². The van der Waals surface area contributed by atoms with Crippen LogP contribution in [0.1, 0.15) is 46.7 Å². The lowest BCUT2D eigenvalue weighted by Crippen LogP contribution is -2.17. The van der Waals surface area contributed by atoms with Gasteiger partial charge in [0.05, 0.1) is 16.9 Å². The third kappa shape index (κ3) is 3.73. The molecule has 0 unspecified atom stereocenters. The number of rotatable bonds is 5. The number of aryl methyl sites for hydroxylation is 3. The molecule has 3 aromatic rings. The van der Waals surface area contributed by atoms with Crippen molar-refractivity contribution in [3.8, 4) is 0 Å². The molecule has 150 valence electrons. The summed E-state index contributed by atoms with van der Waals surface area (Å²) in [7, 11) is 0. The van der Waals surface area contributed by atoms with Crippen molar-refractivity contribution >= 4 is 44.9 Å². The Labute approximate surface area is 177 Å². The van der Waals surface area contributed by atoms with Gasteiger partial charge in [-0.2, -0.15) is 0 Å². The number of nitrogens with zero attached hydrogens (tertiary/aromatic N) is 1. The van der Waals surface area contributed by atoms with Crippen LogP contribution >= 0.6 is 23.1 Å². The van der Waals surface area contributed by atoms with Crippen LogP contribution < -0.4 is 10.9 Å². The molecule has 1 aromatic carbocycles. The summed E-state index contributed by atoms with van der Waals surface area (Å²) in [5, 5.41) is 3.85. The van der Waals surface area contributed by atoms with Crippen molar-refractivity contribution in [2.45, 2.75) is 50.7 Å². The molecule has 0 radical (unpaired) electrons. The SMILES string of the molecule is O=C(CSCc1nc2sc3c(c2c(=O)[nH]1)CCC3)Nc1cccc2c1CCCC2. The number of thiophene rings is 1. The number of carbonyl (C=O) groups is 1. The van der Waals surface area contributed by atoms with Crippen molar-refractivity contribution in [3.63, 3.8) is 0 Å². The van der Waals surface area contributed by atoms with E-state index in [1.807, 2.05) is 12.1 Å². The molecule has 2 N–H and O–H groups in total. The highest BCUT2D eigenvalue weighted by molar-refractivity contribution is 7.99. The maximum Gasteiger partial charge on any atom is 0.259 e. The van der Waals surface area contributed by atoms with Gasteiger partial charge in [-0.25, -0.2) is 4.98 Å². The van der Waals surface area contributed by atoms with Gasteiger partial charge in [0, 0.05) is 10.6 Å². The normalized spacial score (nSPS) is 15.3. The van der Waals surface area contributed by atoms with Crippen molar-refractivity contribution in [1.82, 2.24) is 9.97 Å². The number of H-pyrrole nitrogens is 1. The summed E-state index contributed by atoms with van der Waals surface area (Å²) in [6.45, 7) is 0. The number of fused-ring (bicyclic) bond motifs is 4. The van der Waals surface area contributed by atoms with Crippen molar-refractivity contribution < 1.29 is 4.79 Å². The minimum Gasteiger partial charge on any atom is -0.325 e. The lowest BCUT2D eigenvalue weighted by Gasteiger charge is -2.19. The van der Waals surface area contributed by atoms with E-state index < -0.39 is 0 Å². The molecule has 7 heteroatoms. The molecule has 0 spiro atoms. The molecule has 0 saturated carbocycles. The van der Waals surface area contributed by atoms with Gasteiger partial charge < -0.3 is 10.3 Å². The summed E-state index contributed by atoms with van der Waals surface area (Å²) in [4.78, 5) is 34.7. The van der Waals surface area contributed by atoms with Crippen LogP contribution in [0.3, 0.4) is 0 Å². The number of hydrogen-bond acceptors (Lipinski definition) is 5. The number of nitrogens with one attached hydrogen (secondary N) is 2. The Balaban J connectivity index is 1.23. The monoisotopic (exact) mass is 425 g/mol. The first-order chi connectivity index (χ1) is 14.2. The summed E-state index contributed by atoms with van der Waals surface area (Å²) >= 11 is 3.13. The smallest absolute Gasteiger partial charge is 0.259 e. The van der Waals surface area contributed by atoms with E-state index in [2.05, 4.69) is 21.4 Å². The molecule has 0 atom stereocenters. The third-order valence-electron chi connectivity index (χ3n) is 5.77. The average Bonchev–Trinajstić information content (AvgIpc) is 3.29. The molecule has 0 aliphatic heterocycles. The number of aromatic amines is 1. The Morgan fingerprint density at radius 2 is 2.00 bits per heavy atom. The molecule has 5 nitrogen and oxygen atoms in total. The topological polar surface area (TPSA) is 74.8 Å². The highest BCUT2D eigenvalue weighted by atomic mass is 32.2. The van der Waals surface area contributed by atoms with Crippen LogP contribution in [0.4, 0.5) is 5.69 Å². The first-order valence-corrected chi connectivity index (χ1v) is 12.2. The number of carbonyl (C=O) groups excluding carboxylic acids is 1. The summed E-state index contributed by atoms with van der Waals surface area (Å²) in [6.07, 6.45) is 7.72. The van der Waals surface area contributed by atoms with Crippen LogP contribution in [-0.2, 0) is 36.2 Å². The Morgan fingerprint density at radius 3 is 2.93 bits per heavy atom. The Morgan fingerprint density at radius 1 is 1.14 bits per heavy atom. The molecular weight excluding hydrogens is 402 g/mol. The number of hydrogen-bond donors (Lipinski definition) is 2. The predicted octanol–water partition coefficient (Wildman–Crippen LogP) is 4.22. The molecule has 0 saturated heterocycles. The fraction of sp³-hybridized carbons (Fsp3) is 0.409. The molecule has 1 amide bonds. The molecule has 0 fully saturated rings. The number of aromatic nitrogens is 2. The zero-order valence-corrected chi connectivity index (χ0v) is 17.8. The van der Waals surface area contributed by atoms with E-state index >= 15 is 0 Å². The summed E-state index contributed by atoms with van der Waals surface area (Å²) in [5.41, 5.74) is 4.77. The Kier molecular flexibility index (Phi) is 5.18. The quantitative estimate of drug-likeness (QED) is 0.642. The summed E-state index contributed by atoms with van der Waals surface area (Å²) < 4.78 is 0. The number of benzene rings is 1. The first-order valence-electron chi connectivity index (χ1n) is 10.2. The van der Waals surface area contributed by atoms with Gasteiger partial charge >= 0.3 is 0 Å². The van der Waals surface area contributed by atoms with Gasteiger partial charge in [0.15, 0.2) is 0 Å². The van der Waals surface area contributed by atoms with Crippen LogP contribution in [0.15, 0.2) is 23.0 Å². The van der Waals surface area contributed by atoms with Crippen LogP contribution in [0.5, 0.6) is 0 Å². The maximum atomic E-state index is 12.5. The zero-order valence-electron chi connectivity index (χ0n) is 16.2. The van der Waals surface area contributed by atoms with Crippen LogP contribution in [-0.4, -0.2) is 21.6 Å². The van der Waals surface area contributed by atoms with Crippen LogP contribution in [0, 0.1) is 0 Å². The van der Waals surface area contributed by atoms with E-state index in [0.29, 0.717) is 17.3 Å². The Bertz CT molecular complexity index is 1150. The van der Waals surface area contributed by atoms with Gasteiger partial charge in [-0.05, 0) is 67.7 Å². The fourth-order valence-corrected chi connectivity index (χ4v) is 6.41. The van der Waals surface area contributed by atoms with Crippen molar-refractivity contribution in [1.29, 1.82) is 0 Å². The molecule has 5 rings (SSSR count). The standard InChI is InChI=1S/C22H23N3O2S2/c26-19(23-16-9-3-6-13-5-1-2-7-14(13)16)12-28-11-18-24-21(27)20-15-8-4-10-17(15)29-22(20)25-18/h3,6,9H,1-2,4-5,7-8,10-12H2,(H,23,26)(H,24,25,27). The van der Waals surface area contributed by atoms with E-state index in [1.54, 1.807) is 11.3 Å². The first kappa shape index (κ1) is 18.9. The van der Waals surface area contributed by atoms with E-state index in [4.69, 9.17) is 0 Å². The van der Waals surface area contributed by atoms with Gasteiger partial charge in [-0.1, -0.05) is 12.1 Å². The number of amides is 1. The highest BCUT2D eigenvalue weighted by Crippen LogP contribution is 2.34. The second-order valence-electron chi connectivity index (χ2n) is 7.74. The van der Waals surface area contributed by atoms with Gasteiger partial charge in [0.1, 0.15) is 10.7 Å². The molecule has 2 aliphatic carbocycles. The van der Waals surface area contributed by atoms with Crippen molar-refractivity contribution in [3.05, 3.63) is 55.9 Å². The van der Waals surface area contributed by atoms with Gasteiger partial charge in [-0.3, -0.25) is 9.59 Å². The van der Waals surface area contributed by atoms with Crippen molar-refractivity contribution in [2.24, 2.45) is 0 Å². The second kappa shape index (κ2) is 7.95. The maximum absolute atomic E-state index is 12.5. The highest BCUT2D eigenvalue weighted by Gasteiger charge is 2.21. The van der Waals surface area contributed by atoms with Crippen LogP contribution in [0.2, 0.25) is 0 Å². The van der Waals surface area contributed by atoms with Crippen molar-refractivity contribution in [2.75, 3.05) is 11.1 Å². The number of thioether (sulfide) groups is 1. The van der Waals surface area contributed by atoms with Crippen LogP contribution in [0.25, 0.3) is 10.2 Å². The Hall–Kier alpha value is -2.12. The largest absolute Gasteiger partial charge is 0.325 e. The molecule has 2 heterocycles.